The van der Waals surface area contributed by atoms with Gasteiger partial charge in [-0.05, 0) is 76.3 Å². The number of hydrogen-bond donors (Lipinski definition) is 1. The lowest BCUT2D eigenvalue weighted by molar-refractivity contribution is -0.0323. The van der Waals surface area contributed by atoms with Gasteiger partial charge in [-0.1, -0.05) is 12.1 Å². The summed E-state index contributed by atoms with van der Waals surface area (Å²) in [5.41, 5.74) is -1.37. The number of hydrogen-bond acceptors (Lipinski definition) is 4. The lowest BCUT2D eigenvalue weighted by Gasteiger charge is -2.26. The summed E-state index contributed by atoms with van der Waals surface area (Å²) in [5, 5.41) is 0. The molecule has 3 aromatic rings. The number of alkyl halides is 3. The molecule has 0 unspecified atom stereocenters. The Kier molecular flexibility index (Phi) is 6.43. The van der Waals surface area contributed by atoms with Crippen molar-refractivity contribution in [1.82, 2.24) is 4.98 Å². The van der Waals surface area contributed by atoms with Crippen LogP contribution in [0.5, 0.6) is 5.75 Å². The molecule has 1 aliphatic rings. The summed E-state index contributed by atoms with van der Waals surface area (Å²) in [6.07, 6.45) is 3.34. The first-order chi connectivity index (χ1) is 14.8. The quantitative estimate of drug-likeness (QED) is 0.294. The maximum absolute atomic E-state index is 13.8. The third-order valence-electron chi connectivity index (χ3n) is 4.91. The van der Waals surface area contributed by atoms with Crippen LogP contribution in [0.3, 0.4) is 0 Å². The fraction of sp³-hybridized carbons (Fsp3) is 0.227. The summed E-state index contributed by atoms with van der Waals surface area (Å²) in [5.74, 6) is 0.399. The van der Waals surface area contributed by atoms with Gasteiger partial charge in [-0.2, -0.15) is 13.2 Å². The summed E-state index contributed by atoms with van der Waals surface area (Å²) in [4.78, 5) is 4.41. The minimum Gasteiger partial charge on any atom is -0.493 e. The van der Waals surface area contributed by atoms with Gasteiger partial charge in [0.1, 0.15) is 11.6 Å². The third kappa shape index (κ3) is 5.71. The van der Waals surface area contributed by atoms with E-state index in [1.165, 1.54) is 12.1 Å². The van der Waals surface area contributed by atoms with Crippen molar-refractivity contribution >= 4 is 33.6 Å². The van der Waals surface area contributed by atoms with Crippen LogP contribution < -0.4 is 9.46 Å². The summed E-state index contributed by atoms with van der Waals surface area (Å²) in [6, 6.07) is 13.0. The second-order valence-electron chi connectivity index (χ2n) is 7.22. The van der Waals surface area contributed by atoms with Crippen LogP contribution in [0.15, 0.2) is 59.2 Å². The van der Waals surface area contributed by atoms with Gasteiger partial charge in [0.15, 0.2) is 0 Å². The number of ether oxygens (including phenoxy) is 1. The molecule has 0 aliphatic carbocycles. The molecule has 31 heavy (non-hydrogen) atoms. The van der Waals surface area contributed by atoms with E-state index < -0.39 is 11.3 Å². The minimum atomic E-state index is -4.46. The van der Waals surface area contributed by atoms with Crippen molar-refractivity contribution in [2.24, 2.45) is 5.92 Å². The predicted molar refractivity (Wildman–Crippen MR) is 117 cm³/mol. The number of rotatable bonds is 5. The summed E-state index contributed by atoms with van der Waals surface area (Å²) in [7, 11) is 0. The van der Waals surface area contributed by atoms with E-state index in [1.807, 2.05) is 18.2 Å². The summed E-state index contributed by atoms with van der Waals surface area (Å²) >= 11 is 2.99. The van der Waals surface area contributed by atoms with Crippen molar-refractivity contribution in [3.63, 3.8) is 0 Å². The van der Waals surface area contributed by atoms with Crippen LogP contribution in [-0.4, -0.2) is 17.1 Å². The van der Waals surface area contributed by atoms with Gasteiger partial charge >= 0.3 is 5.51 Å². The molecule has 1 aliphatic heterocycles. The van der Waals surface area contributed by atoms with Crippen LogP contribution in [-0.2, 0) is 12.8 Å². The Balaban J connectivity index is 1.53. The molecular weight excluding hydrogens is 496 g/mol. The monoisotopic (exact) mass is 512 g/mol. The first-order valence-electron chi connectivity index (χ1n) is 9.44. The number of aromatic nitrogens is 1. The minimum absolute atomic E-state index is 0.179. The van der Waals surface area contributed by atoms with Crippen LogP contribution in [0, 0.1) is 11.7 Å². The molecule has 2 aromatic carbocycles. The van der Waals surface area contributed by atoms with E-state index in [9.17, 15) is 17.6 Å². The molecule has 1 atom stereocenters. The highest BCUT2D eigenvalue weighted by atomic mass is 79.9. The molecule has 9 heteroatoms. The van der Waals surface area contributed by atoms with E-state index in [0.717, 1.165) is 34.6 Å². The smallest absolute Gasteiger partial charge is 0.461 e. The highest BCUT2D eigenvalue weighted by Crippen LogP contribution is 2.39. The summed E-state index contributed by atoms with van der Waals surface area (Å²) < 4.78 is 60.7. The Morgan fingerprint density at radius 3 is 2.71 bits per heavy atom. The van der Waals surface area contributed by atoms with Gasteiger partial charge in [0, 0.05) is 27.8 Å². The van der Waals surface area contributed by atoms with Crippen molar-refractivity contribution in [2.75, 3.05) is 11.3 Å². The molecule has 0 fully saturated rings. The molecule has 0 amide bonds. The second-order valence-corrected chi connectivity index (χ2v) is 9.00. The topological polar surface area (TPSA) is 34.1 Å². The number of anilines is 1. The lowest BCUT2D eigenvalue weighted by Crippen LogP contribution is -2.23. The van der Waals surface area contributed by atoms with Crippen molar-refractivity contribution in [3.05, 3.63) is 76.3 Å². The van der Waals surface area contributed by atoms with Crippen molar-refractivity contribution in [3.8, 4) is 16.9 Å². The molecule has 0 bridgehead atoms. The van der Waals surface area contributed by atoms with Crippen LogP contribution in [0.4, 0.5) is 23.2 Å². The Hall–Kier alpha value is -2.26. The van der Waals surface area contributed by atoms with Gasteiger partial charge in [-0.15, -0.1) is 0 Å². The fourth-order valence-electron chi connectivity index (χ4n) is 3.51. The fourth-order valence-corrected chi connectivity index (χ4v) is 4.15. The summed E-state index contributed by atoms with van der Waals surface area (Å²) in [6.45, 7) is 0.506. The van der Waals surface area contributed by atoms with Crippen molar-refractivity contribution in [2.45, 2.75) is 18.3 Å². The molecule has 0 saturated carbocycles. The Bertz CT molecular complexity index is 1080. The van der Waals surface area contributed by atoms with Crippen LogP contribution in [0.25, 0.3) is 11.1 Å². The van der Waals surface area contributed by atoms with Gasteiger partial charge in [0.05, 0.1) is 24.2 Å². The molecule has 4 rings (SSSR count). The number of pyridine rings is 1. The van der Waals surface area contributed by atoms with Gasteiger partial charge in [-0.3, -0.25) is 4.98 Å². The number of fused-ring (bicyclic) bond motifs is 1. The molecule has 0 saturated heterocycles. The van der Waals surface area contributed by atoms with E-state index in [2.05, 4.69) is 25.6 Å². The molecule has 2 heterocycles. The average molecular weight is 513 g/mol. The lowest BCUT2D eigenvalue weighted by atomic mass is 9.91. The molecule has 1 aromatic heterocycles. The van der Waals surface area contributed by atoms with Crippen LogP contribution in [0.2, 0.25) is 0 Å². The van der Waals surface area contributed by atoms with E-state index in [1.54, 1.807) is 18.3 Å². The van der Waals surface area contributed by atoms with E-state index >= 15 is 0 Å². The Morgan fingerprint density at radius 2 is 1.97 bits per heavy atom. The maximum Gasteiger partial charge on any atom is 0.461 e. The normalized spacial score (nSPS) is 15.8. The predicted octanol–water partition coefficient (Wildman–Crippen LogP) is 7.02. The highest BCUT2D eigenvalue weighted by Gasteiger charge is 2.29. The first kappa shape index (κ1) is 22.0. The van der Waals surface area contributed by atoms with Crippen molar-refractivity contribution < 1.29 is 22.3 Å². The standard InChI is InChI=1S/C22H17BrF4N2OS/c23-16-3-5-18(28-11-16)8-13-7-15-2-1-14(9-21(15)30-12-13)19-10-17(24)4-6-20(19)29-31-22(25,26)27/h1-6,9-11,13,29H,7-8,12H2/t13-/m0/s1. The maximum atomic E-state index is 13.8. The SMILES string of the molecule is Fc1ccc(NSC(F)(F)F)c(-c2ccc3c(c2)OC[C@H](Cc2ccc(Br)cn2)C3)c1. The third-order valence-corrected chi connectivity index (χ3v) is 5.93. The largest absolute Gasteiger partial charge is 0.493 e. The van der Waals surface area contributed by atoms with E-state index in [4.69, 9.17) is 4.74 Å². The molecule has 0 spiro atoms. The number of nitrogens with zero attached hydrogens (tertiary/aromatic N) is 1. The molecular formula is C22H17BrF4N2OS. The highest BCUT2D eigenvalue weighted by molar-refractivity contribution is 9.10. The number of nitrogens with one attached hydrogen (secondary N) is 1. The van der Waals surface area contributed by atoms with Gasteiger partial charge in [0.2, 0.25) is 0 Å². The van der Waals surface area contributed by atoms with Crippen molar-refractivity contribution in [1.29, 1.82) is 0 Å². The molecule has 162 valence electrons. The number of halogens is 5. The Labute approximate surface area is 189 Å². The van der Waals surface area contributed by atoms with Gasteiger partial charge in [0.25, 0.3) is 0 Å². The molecule has 1 N–H and O–H groups in total. The number of benzene rings is 2. The van der Waals surface area contributed by atoms with E-state index in [0.29, 0.717) is 23.5 Å². The Morgan fingerprint density at radius 1 is 1.13 bits per heavy atom. The molecule has 0 radical (unpaired) electrons. The van der Waals surface area contributed by atoms with E-state index in [-0.39, 0.29) is 23.6 Å². The zero-order valence-corrected chi connectivity index (χ0v) is 18.5. The average Bonchev–Trinajstić information content (AvgIpc) is 2.73. The first-order valence-corrected chi connectivity index (χ1v) is 11.0. The van der Waals surface area contributed by atoms with Gasteiger partial charge < -0.3 is 9.46 Å². The zero-order chi connectivity index (χ0) is 22.0. The second kappa shape index (κ2) is 9.08. The van der Waals surface area contributed by atoms with Crippen LogP contribution >= 0.6 is 27.9 Å². The van der Waals surface area contributed by atoms with Crippen LogP contribution in [0.1, 0.15) is 11.3 Å². The molecule has 3 nitrogen and oxygen atoms in total. The zero-order valence-electron chi connectivity index (χ0n) is 16.0. The van der Waals surface area contributed by atoms with Gasteiger partial charge in [-0.25, -0.2) is 4.39 Å².